The summed E-state index contributed by atoms with van der Waals surface area (Å²) in [5.74, 6) is 0. The van der Waals surface area contributed by atoms with Crippen LogP contribution in [0.5, 0.6) is 0 Å². The molecular formula is C14H18BrCl2NO. The predicted octanol–water partition coefficient (Wildman–Crippen LogP) is 4.37. The summed E-state index contributed by atoms with van der Waals surface area (Å²) in [5.41, 5.74) is 1.22. The van der Waals surface area contributed by atoms with E-state index in [-0.39, 0.29) is 0 Å². The molecule has 0 aliphatic carbocycles. The quantitative estimate of drug-likeness (QED) is 0.717. The van der Waals surface area contributed by atoms with Crippen LogP contribution in [0.25, 0.3) is 0 Å². The van der Waals surface area contributed by atoms with E-state index in [9.17, 15) is 0 Å². The molecule has 1 aromatic rings. The average Bonchev–Trinajstić information content (AvgIpc) is 2.42. The average molecular weight is 367 g/mol. The number of alkyl halides is 1. The van der Waals surface area contributed by atoms with E-state index in [0.717, 1.165) is 44.4 Å². The zero-order valence-electron chi connectivity index (χ0n) is 10.7. The van der Waals surface area contributed by atoms with Gasteiger partial charge in [-0.25, -0.2) is 0 Å². The Morgan fingerprint density at radius 3 is 2.58 bits per heavy atom. The lowest BCUT2D eigenvalue weighted by Crippen LogP contribution is -2.36. The highest BCUT2D eigenvalue weighted by Crippen LogP contribution is 2.24. The fraction of sp³-hybridized carbons (Fsp3) is 0.571. The number of rotatable bonds is 5. The second-order valence-corrected chi connectivity index (χ2v) is 6.39. The van der Waals surface area contributed by atoms with E-state index in [1.165, 1.54) is 5.56 Å². The molecule has 0 atom stereocenters. The first-order valence-electron chi connectivity index (χ1n) is 6.53. The first-order valence-corrected chi connectivity index (χ1v) is 8.40. The van der Waals surface area contributed by atoms with Crippen molar-refractivity contribution in [3.63, 3.8) is 0 Å². The third-order valence-corrected chi connectivity index (χ3v) is 4.42. The molecule has 0 saturated carbocycles. The van der Waals surface area contributed by atoms with Crippen molar-refractivity contribution < 1.29 is 4.74 Å². The van der Waals surface area contributed by atoms with Crippen LogP contribution in [-0.4, -0.2) is 36.0 Å². The van der Waals surface area contributed by atoms with E-state index in [1.807, 2.05) is 18.2 Å². The van der Waals surface area contributed by atoms with Crippen molar-refractivity contribution in [1.29, 1.82) is 0 Å². The van der Waals surface area contributed by atoms with Gasteiger partial charge in [-0.2, -0.15) is 0 Å². The van der Waals surface area contributed by atoms with Gasteiger partial charge in [0.15, 0.2) is 0 Å². The number of hydrogen-bond donors (Lipinski definition) is 0. The Balaban J connectivity index is 1.80. The number of likely N-dealkylation sites (tertiary alicyclic amines) is 1. The number of ether oxygens (including phenoxy) is 1. The predicted molar refractivity (Wildman–Crippen MR) is 84.5 cm³/mol. The standard InChI is InChI=1S/C14H18BrCl2NO/c15-5-8-19-12-3-6-18(7-4-12)10-11-1-2-13(16)14(17)9-11/h1-2,9,12H,3-8,10H2. The van der Waals surface area contributed by atoms with Crippen molar-refractivity contribution in [2.24, 2.45) is 0 Å². The van der Waals surface area contributed by atoms with Crippen molar-refractivity contribution in [2.45, 2.75) is 25.5 Å². The van der Waals surface area contributed by atoms with Crippen LogP contribution in [0.1, 0.15) is 18.4 Å². The summed E-state index contributed by atoms with van der Waals surface area (Å²) in [5, 5.41) is 2.17. The minimum Gasteiger partial charge on any atom is -0.377 e. The lowest BCUT2D eigenvalue weighted by Gasteiger charge is -2.31. The van der Waals surface area contributed by atoms with Crippen LogP contribution in [0, 0.1) is 0 Å². The Morgan fingerprint density at radius 1 is 1.21 bits per heavy atom. The minimum absolute atomic E-state index is 0.419. The van der Waals surface area contributed by atoms with E-state index in [4.69, 9.17) is 27.9 Å². The summed E-state index contributed by atoms with van der Waals surface area (Å²) in [6, 6.07) is 5.87. The van der Waals surface area contributed by atoms with Gasteiger partial charge in [-0.3, -0.25) is 4.90 Å². The smallest absolute Gasteiger partial charge is 0.0599 e. The van der Waals surface area contributed by atoms with E-state index in [1.54, 1.807) is 0 Å². The lowest BCUT2D eigenvalue weighted by atomic mass is 10.1. The summed E-state index contributed by atoms with van der Waals surface area (Å²) in [4.78, 5) is 2.44. The van der Waals surface area contributed by atoms with Crippen LogP contribution in [0.15, 0.2) is 18.2 Å². The molecule has 1 aromatic carbocycles. The Bertz CT molecular complexity index is 408. The molecule has 0 amide bonds. The van der Waals surface area contributed by atoms with Crippen LogP contribution in [0.3, 0.4) is 0 Å². The third kappa shape index (κ3) is 4.91. The van der Waals surface area contributed by atoms with Crippen LogP contribution in [-0.2, 0) is 11.3 Å². The van der Waals surface area contributed by atoms with E-state index >= 15 is 0 Å². The van der Waals surface area contributed by atoms with Gasteiger partial charge in [-0.1, -0.05) is 45.2 Å². The van der Waals surface area contributed by atoms with Crippen LogP contribution in [0.2, 0.25) is 10.0 Å². The fourth-order valence-electron chi connectivity index (χ4n) is 2.34. The normalized spacial score (nSPS) is 17.8. The first-order chi connectivity index (χ1) is 9.19. The van der Waals surface area contributed by atoms with Gasteiger partial charge in [0.2, 0.25) is 0 Å². The third-order valence-electron chi connectivity index (χ3n) is 3.36. The SMILES string of the molecule is Clc1ccc(CN2CCC(OCCBr)CC2)cc1Cl. The van der Waals surface area contributed by atoms with Crippen molar-refractivity contribution in [3.8, 4) is 0 Å². The maximum absolute atomic E-state index is 6.04. The first kappa shape index (κ1) is 15.6. The number of piperidine rings is 1. The summed E-state index contributed by atoms with van der Waals surface area (Å²) >= 11 is 15.3. The molecule has 0 unspecified atom stereocenters. The van der Waals surface area contributed by atoms with Gasteiger partial charge in [-0.05, 0) is 30.5 Å². The minimum atomic E-state index is 0.419. The van der Waals surface area contributed by atoms with Gasteiger partial charge in [-0.15, -0.1) is 0 Å². The van der Waals surface area contributed by atoms with E-state index in [2.05, 4.69) is 20.8 Å². The highest BCUT2D eigenvalue weighted by molar-refractivity contribution is 9.09. The highest BCUT2D eigenvalue weighted by atomic mass is 79.9. The van der Waals surface area contributed by atoms with E-state index < -0.39 is 0 Å². The topological polar surface area (TPSA) is 12.5 Å². The lowest BCUT2D eigenvalue weighted by molar-refractivity contribution is 0.0141. The molecule has 1 heterocycles. The molecule has 1 saturated heterocycles. The van der Waals surface area contributed by atoms with Crippen LogP contribution < -0.4 is 0 Å². The molecule has 0 bridgehead atoms. The molecule has 2 nitrogen and oxygen atoms in total. The molecule has 0 spiro atoms. The van der Waals surface area contributed by atoms with Crippen LogP contribution in [0.4, 0.5) is 0 Å². The fourth-order valence-corrected chi connectivity index (χ4v) is 2.85. The molecule has 0 N–H and O–H groups in total. The Kier molecular flexibility index (Phi) is 6.43. The Morgan fingerprint density at radius 2 is 1.95 bits per heavy atom. The summed E-state index contributed by atoms with van der Waals surface area (Å²) in [6.45, 7) is 3.89. The second kappa shape index (κ2) is 7.84. The van der Waals surface area contributed by atoms with Crippen molar-refractivity contribution in [2.75, 3.05) is 25.0 Å². The maximum Gasteiger partial charge on any atom is 0.0599 e. The van der Waals surface area contributed by atoms with Crippen molar-refractivity contribution in [1.82, 2.24) is 4.90 Å². The van der Waals surface area contributed by atoms with E-state index in [0.29, 0.717) is 16.1 Å². The molecule has 0 aromatic heterocycles. The Hall–Kier alpha value is 0.200. The zero-order valence-corrected chi connectivity index (χ0v) is 13.8. The maximum atomic E-state index is 6.04. The molecule has 1 fully saturated rings. The summed E-state index contributed by atoms with van der Waals surface area (Å²) in [6.07, 6.45) is 2.63. The van der Waals surface area contributed by atoms with Gasteiger partial charge in [0.25, 0.3) is 0 Å². The summed E-state index contributed by atoms with van der Waals surface area (Å²) < 4.78 is 5.75. The van der Waals surface area contributed by atoms with Crippen molar-refractivity contribution >= 4 is 39.1 Å². The molecule has 19 heavy (non-hydrogen) atoms. The number of hydrogen-bond acceptors (Lipinski definition) is 2. The molecule has 0 radical (unpaired) electrons. The molecular weight excluding hydrogens is 349 g/mol. The van der Waals surface area contributed by atoms with Crippen LogP contribution >= 0.6 is 39.1 Å². The second-order valence-electron chi connectivity index (χ2n) is 4.78. The zero-order chi connectivity index (χ0) is 13.7. The molecule has 1 aliphatic heterocycles. The molecule has 106 valence electrons. The molecule has 1 aliphatic rings. The van der Waals surface area contributed by atoms with Crippen molar-refractivity contribution in [3.05, 3.63) is 33.8 Å². The highest BCUT2D eigenvalue weighted by Gasteiger charge is 2.19. The van der Waals surface area contributed by atoms with Gasteiger partial charge in [0.1, 0.15) is 0 Å². The molecule has 2 rings (SSSR count). The van der Waals surface area contributed by atoms with Gasteiger partial charge >= 0.3 is 0 Å². The molecule has 5 heteroatoms. The largest absolute Gasteiger partial charge is 0.377 e. The number of nitrogens with zero attached hydrogens (tertiary/aromatic N) is 1. The van der Waals surface area contributed by atoms with Gasteiger partial charge < -0.3 is 4.74 Å². The number of halogens is 3. The van der Waals surface area contributed by atoms with Gasteiger partial charge in [0.05, 0.1) is 22.8 Å². The number of benzene rings is 1. The van der Waals surface area contributed by atoms with Gasteiger partial charge in [0, 0.05) is 25.0 Å². The Labute approximate surface area is 133 Å². The summed E-state index contributed by atoms with van der Waals surface area (Å²) in [7, 11) is 0. The monoisotopic (exact) mass is 365 g/mol.